The average molecular weight is 409 g/mol. The van der Waals surface area contributed by atoms with Crippen molar-refractivity contribution >= 4 is 11.9 Å². The summed E-state index contributed by atoms with van der Waals surface area (Å²) < 4.78 is 9.75. The molecule has 2 aliphatic carbocycles. The molecule has 0 saturated carbocycles. The summed E-state index contributed by atoms with van der Waals surface area (Å²) in [6, 6.07) is 15.0. The van der Waals surface area contributed by atoms with Crippen molar-refractivity contribution in [1.29, 1.82) is 0 Å². The number of ether oxygens (including phenoxy) is 2. The van der Waals surface area contributed by atoms with Gasteiger partial charge in [-0.25, -0.2) is 4.79 Å². The Hall–Kier alpha value is -3.68. The summed E-state index contributed by atoms with van der Waals surface area (Å²) >= 11 is 0. The lowest BCUT2D eigenvalue weighted by Gasteiger charge is -2.40. The van der Waals surface area contributed by atoms with Gasteiger partial charge in [-0.15, -0.1) is 0 Å². The lowest BCUT2D eigenvalue weighted by molar-refractivity contribution is -0.588. The summed E-state index contributed by atoms with van der Waals surface area (Å²) in [6.45, 7) is 0. The van der Waals surface area contributed by atoms with Gasteiger partial charge in [0.25, 0.3) is 5.54 Å². The summed E-state index contributed by atoms with van der Waals surface area (Å²) in [5.41, 5.74) is -0.858. The number of aliphatic hydroxyl groups excluding tert-OH is 1. The van der Waals surface area contributed by atoms with E-state index in [9.17, 15) is 24.8 Å². The highest BCUT2D eigenvalue weighted by molar-refractivity contribution is 5.95. The first-order chi connectivity index (χ1) is 14.4. The Bertz CT molecular complexity index is 1080. The highest BCUT2D eigenvalue weighted by Gasteiger charge is 2.73. The molecule has 0 unspecified atom stereocenters. The lowest BCUT2D eigenvalue weighted by Crippen LogP contribution is -2.51. The van der Waals surface area contributed by atoms with Crippen molar-refractivity contribution in [2.75, 3.05) is 14.2 Å². The fourth-order valence-electron chi connectivity index (χ4n) is 5.08. The number of hydrogen-bond donors (Lipinski definition) is 1. The van der Waals surface area contributed by atoms with Crippen molar-refractivity contribution in [3.05, 3.63) is 92.7 Å². The molecule has 4 rings (SSSR count). The van der Waals surface area contributed by atoms with Crippen molar-refractivity contribution in [2.24, 2.45) is 5.92 Å². The lowest BCUT2D eigenvalue weighted by atomic mass is 9.62. The van der Waals surface area contributed by atoms with Crippen LogP contribution in [0.5, 0.6) is 0 Å². The SMILES string of the molecule is COC(=O)C1=C(O)[C@@H](C(=O)OC)[C@@H]2c3ccccc3[C@H]1[C@@]2(c1ccccc1)[N+](=O)[O-]. The van der Waals surface area contributed by atoms with Gasteiger partial charge in [-0.2, -0.15) is 0 Å². The number of benzene rings is 2. The maximum Gasteiger partial charge on any atom is 0.338 e. The first-order valence-electron chi connectivity index (χ1n) is 9.29. The molecule has 0 amide bonds. The number of esters is 2. The molecule has 2 aromatic carbocycles. The van der Waals surface area contributed by atoms with E-state index >= 15 is 0 Å². The normalized spacial score (nSPS) is 26.7. The largest absolute Gasteiger partial charge is 0.511 e. The molecule has 8 heteroatoms. The van der Waals surface area contributed by atoms with E-state index in [2.05, 4.69) is 0 Å². The van der Waals surface area contributed by atoms with E-state index in [1.165, 1.54) is 0 Å². The molecule has 2 aromatic rings. The first-order valence-corrected chi connectivity index (χ1v) is 9.29. The molecule has 2 bridgehead atoms. The van der Waals surface area contributed by atoms with Crippen molar-refractivity contribution in [3.8, 4) is 0 Å². The summed E-state index contributed by atoms with van der Waals surface area (Å²) in [5.74, 6) is -5.98. The second-order valence-corrected chi connectivity index (χ2v) is 7.28. The van der Waals surface area contributed by atoms with E-state index in [0.29, 0.717) is 16.7 Å². The van der Waals surface area contributed by atoms with Crippen LogP contribution in [0, 0.1) is 16.0 Å². The molecule has 154 valence electrons. The Morgan fingerprint density at radius 2 is 1.60 bits per heavy atom. The Labute approximate surface area is 171 Å². The summed E-state index contributed by atoms with van der Waals surface area (Å²) in [7, 11) is 2.26. The molecular weight excluding hydrogens is 390 g/mol. The van der Waals surface area contributed by atoms with Crippen molar-refractivity contribution in [2.45, 2.75) is 17.4 Å². The fraction of sp³-hybridized carbons (Fsp3) is 0.273. The fourth-order valence-corrected chi connectivity index (χ4v) is 5.08. The monoisotopic (exact) mass is 409 g/mol. The number of carbonyl (C=O) groups is 2. The number of hydrogen-bond acceptors (Lipinski definition) is 7. The van der Waals surface area contributed by atoms with Gasteiger partial charge >= 0.3 is 11.9 Å². The molecule has 30 heavy (non-hydrogen) atoms. The predicted octanol–water partition coefficient (Wildman–Crippen LogP) is 2.83. The summed E-state index contributed by atoms with van der Waals surface area (Å²) in [5, 5.41) is 23.8. The zero-order valence-corrected chi connectivity index (χ0v) is 16.3. The van der Waals surface area contributed by atoms with Gasteiger partial charge in [0.2, 0.25) is 0 Å². The van der Waals surface area contributed by atoms with Gasteiger partial charge < -0.3 is 14.6 Å². The summed E-state index contributed by atoms with van der Waals surface area (Å²) in [4.78, 5) is 37.9. The highest BCUT2D eigenvalue weighted by Crippen LogP contribution is 2.66. The second-order valence-electron chi connectivity index (χ2n) is 7.28. The molecule has 8 nitrogen and oxygen atoms in total. The summed E-state index contributed by atoms with van der Waals surface area (Å²) in [6.07, 6.45) is 0. The minimum absolute atomic E-state index is 0.297. The van der Waals surface area contributed by atoms with Gasteiger partial charge in [0.15, 0.2) is 0 Å². The number of methoxy groups -OCH3 is 2. The van der Waals surface area contributed by atoms with Gasteiger partial charge in [-0.05, 0) is 11.1 Å². The van der Waals surface area contributed by atoms with Crippen LogP contribution in [0.4, 0.5) is 0 Å². The third kappa shape index (κ3) is 2.33. The molecular formula is C22H19NO7. The van der Waals surface area contributed by atoms with Crippen molar-refractivity contribution in [1.82, 2.24) is 0 Å². The molecule has 0 saturated heterocycles. The van der Waals surface area contributed by atoms with Crippen LogP contribution in [-0.4, -0.2) is 36.2 Å². The van der Waals surface area contributed by atoms with Gasteiger partial charge in [0.1, 0.15) is 11.7 Å². The van der Waals surface area contributed by atoms with Crippen LogP contribution in [0.15, 0.2) is 65.9 Å². The van der Waals surface area contributed by atoms with Crippen molar-refractivity contribution in [3.63, 3.8) is 0 Å². The first kappa shape index (κ1) is 19.6. The molecule has 2 aliphatic rings. The van der Waals surface area contributed by atoms with Crippen LogP contribution < -0.4 is 0 Å². The number of nitrogens with zero attached hydrogens (tertiary/aromatic N) is 1. The van der Waals surface area contributed by atoms with E-state index in [4.69, 9.17) is 9.47 Å². The smallest absolute Gasteiger partial charge is 0.338 e. The number of rotatable bonds is 4. The van der Waals surface area contributed by atoms with Gasteiger partial charge in [0, 0.05) is 10.5 Å². The molecule has 4 atom stereocenters. The van der Waals surface area contributed by atoms with Gasteiger partial charge in [-0.1, -0.05) is 54.6 Å². The predicted molar refractivity (Wildman–Crippen MR) is 104 cm³/mol. The van der Waals surface area contributed by atoms with Crippen LogP contribution in [-0.2, 0) is 24.6 Å². The zero-order chi connectivity index (χ0) is 21.6. The average Bonchev–Trinajstić information content (AvgIpc) is 3.00. The van der Waals surface area contributed by atoms with Crippen LogP contribution in [0.1, 0.15) is 28.5 Å². The zero-order valence-electron chi connectivity index (χ0n) is 16.3. The molecule has 0 radical (unpaired) electrons. The molecule has 0 fully saturated rings. The Morgan fingerprint density at radius 3 is 2.17 bits per heavy atom. The molecule has 1 N–H and O–H groups in total. The standard InChI is InChI=1S/C22H19NO7/c1-29-20(25)15-17-13-10-6-7-11-14(13)18(16(19(15)24)21(26)30-2)22(17,23(27)28)12-8-4-3-5-9-12/h3-11,15,17-18,24H,1-2H3/t15-,17-,18+,22-/m0/s1. The molecule has 0 spiro atoms. The molecule has 0 heterocycles. The topological polar surface area (TPSA) is 116 Å². The Morgan fingerprint density at radius 1 is 1.00 bits per heavy atom. The van der Waals surface area contributed by atoms with E-state index in [1.807, 2.05) is 0 Å². The maximum atomic E-state index is 12.8. The number of aliphatic hydroxyl groups is 1. The minimum Gasteiger partial charge on any atom is -0.511 e. The van der Waals surface area contributed by atoms with Gasteiger partial charge in [0.05, 0.1) is 31.6 Å². The third-order valence-corrected chi connectivity index (χ3v) is 6.15. The number of carbonyl (C=O) groups excluding carboxylic acids is 2. The van der Waals surface area contributed by atoms with Crippen LogP contribution in [0.3, 0.4) is 0 Å². The third-order valence-electron chi connectivity index (χ3n) is 6.15. The van der Waals surface area contributed by atoms with E-state index in [0.717, 1.165) is 14.2 Å². The van der Waals surface area contributed by atoms with E-state index < -0.39 is 45.9 Å². The van der Waals surface area contributed by atoms with Crippen LogP contribution in [0.25, 0.3) is 0 Å². The quantitative estimate of drug-likeness (QED) is 0.469. The minimum atomic E-state index is -1.90. The van der Waals surface area contributed by atoms with Crippen LogP contribution >= 0.6 is 0 Å². The van der Waals surface area contributed by atoms with Gasteiger partial charge in [-0.3, -0.25) is 14.9 Å². The Kier molecular flexibility index (Phi) is 4.57. The number of fused-ring (bicyclic) bond motifs is 5. The maximum absolute atomic E-state index is 12.8. The van der Waals surface area contributed by atoms with Crippen molar-refractivity contribution < 1.29 is 29.1 Å². The number of nitro groups is 1. The Balaban J connectivity index is 2.17. The molecule has 0 aliphatic heterocycles. The van der Waals surface area contributed by atoms with Crippen LogP contribution in [0.2, 0.25) is 0 Å². The van der Waals surface area contributed by atoms with E-state index in [-0.39, 0.29) is 5.57 Å². The second kappa shape index (κ2) is 6.98. The molecule has 0 aromatic heterocycles. The highest BCUT2D eigenvalue weighted by atomic mass is 16.6. The van der Waals surface area contributed by atoms with E-state index in [1.54, 1.807) is 54.6 Å².